The topological polar surface area (TPSA) is 92.8 Å². The van der Waals surface area contributed by atoms with Crippen molar-refractivity contribution in [3.05, 3.63) is 23.8 Å². The third kappa shape index (κ3) is 4.25. The van der Waals surface area contributed by atoms with Gasteiger partial charge < -0.3 is 20.7 Å². The summed E-state index contributed by atoms with van der Waals surface area (Å²) in [7, 11) is 0. The highest BCUT2D eigenvalue weighted by Crippen LogP contribution is 2.26. The molecular weight excluding hydrogens is 234 g/mol. The minimum absolute atomic E-state index is 0.0883. The van der Waals surface area contributed by atoms with Gasteiger partial charge in [0.2, 0.25) is 0 Å². The van der Waals surface area contributed by atoms with Gasteiger partial charge in [0, 0.05) is 6.61 Å². The van der Waals surface area contributed by atoms with Crippen LogP contribution in [-0.4, -0.2) is 29.4 Å². The summed E-state index contributed by atoms with van der Waals surface area (Å²) in [5, 5.41) is 17.6. The van der Waals surface area contributed by atoms with E-state index in [0.717, 1.165) is 25.7 Å². The number of carboxylic acids is 1. The van der Waals surface area contributed by atoms with Gasteiger partial charge >= 0.3 is 5.97 Å². The number of carboxylic acid groups (broad SMARTS) is 1. The molecule has 0 aliphatic heterocycles. The number of nitrogen functional groups attached to an aromatic ring is 1. The average molecular weight is 253 g/mol. The zero-order chi connectivity index (χ0) is 13.4. The molecule has 0 aliphatic carbocycles. The lowest BCUT2D eigenvalue weighted by atomic mass is 10.1. The first-order valence-corrected chi connectivity index (χ1v) is 6.02. The third-order valence-corrected chi connectivity index (χ3v) is 2.57. The molecule has 0 radical (unpaired) electrons. The molecule has 100 valence electrons. The summed E-state index contributed by atoms with van der Waals surface area (Å²) in [6, 6.07) is 4.68. The molecule has 18 heavy (non-hydrogen) atoms. The summed E-state index contributed by atoms with van der Waals surface area (Å²) < 4.78 is 5.44. The van der Waals surface area contributed by atoms with Crippen molar-refractivity contribution in [3.8, 4) is 5.75 Å². The molecule has 1 rings (SSSR count). The van der Waals surface area contributed by atoms with Crippen LogP contribution in [0.3, 0.4) is 0 Å². The van der Waals surface area contributed by atoms with Crippen LogP contribution in [0.5, 0.6) is 5.75 Å². The second-order valence-electron chi connectivity index (χ2n) is 4.02. The number of aliphatic hydroxyl groups excluding tert-OH is 1. The van der Waals surface area contributed by atoms with Crippen LogP contribution in [0.1, 0.15) is 36.0 Å². The molecule has 5 nitrogen and oxygen atoms in total. The van der Waals surface area contributed by atoms with Crippen molar-refractivity contribution in [1.82, 2.24) is 0 Å². The van der Waals surface area contributed by atoms with Gasteiger partial charge in [0.1, 0.15) is 5.56 Å². The van der Waals surface area contributed by atoms with Crippen molar-refractivity contribution >= 4 is 11.7 Å². The minimum atomic E-state index is -1.04. The predicted octanol–water partition coefficient (Wildman–Crippen LogP) is 1.90. The van der Waals surface area contributed by atoms with Gasteiger partial charge in [0.05, 0.1) is 12.3 Å². The molecule has 0 atom stereocenters. The minimum Gasteiger partial charge on any atom is -0.491 e. The molecule has 0 aliphatic rings. The van der Waals surface area contributed by atoms with E-state index in [2.05, 4.69) is 0 Å². The Morgan fingerprint density at radius 1 is 1.22 bits per heavy atom. The lowest BCUT2D eigenvalue weighted by Crippen LogP contribution is -2.07. The van der Waals surface area contributed by atoms with Crippen molar-refractivity contribution in [2.75, 3.05) is 18.9 Å². The van der Waals surface area contributed by atoms with Crippen LogP contribution in [0, 0.1) is 0 Å². The van der Waals surface area contributed by atoms with Gasteiger partial charge in [-0.3, -0.25) is 0 Å². The zero-order valence-corrected chi connectivity index (χ0v) is 10.3. The van der Waals surface area contributed by atoms with E-state index < -0.39 is 5.97 Å². The van der Waals surface area contributed by atoms with Crippen molar-refractivity contribution in [1.29, 1.82) is 0 Å². The molecule has 0 amide bonds. The van der Waals surface area contributed by atoms with Gasteiger partial charge in [-0.15, -0.1) is 0 Å². The maximum atomic E-state index is 11.0. The Bertz CT molecular complexity index is 393. The van der Waals surface area contributed by atoms with Gasteiger partial charge in [0.15, 0.2) is 5.75 Å². The van der Waals surface area contributed by atoms with Crippen LogP contribution in [0.2, 0.25) is 0 Å². The largest absolute Gasteiger partial charge is 0.491 e. The number of aliphatic hydroxyl groups is 1. The van der Waals surface area contributed by atoms with E-state index in [0.29, 0.717) is 12.3 Å². The Kier molecular flexibility index (Phi) is 6.00. The molecule has 0 aromatic heterocycles. The van der Waals surface area contributed by atoms with Gasteiger partial charge in [0.25, 0.3) is 0 Å². The molecule has 1 aromatic carbocycles. The molecule has 0 fully saturated rings. The van der Waals surface area contributed by atoms with Gasteiger partial charge in [-0.05, 0) is 31.4 Å². The molecule has 4 N–H and O–H groups in total. The fourth-order valence-electron chi connectivity index (χ4n) is 1.63. The predicted molar refractivity (Wildman–Crippen MR) is 68.9 cm³/mol. The molecule has 5 heteroatoms. The molecule has 0 saturated carbocycles. The van der Waals surface area contributed by atoms with Gasteiger partial charge in [-0.1, -0.05) is 12.5 Å². The zero-order valence-electron chi connectivity index (χ0n) is 10.3. The number of rotatable bonds is 8. The Morgan fingerprint density at radius 2 is 1.94 bits per heavy atom. The third-order valence-electron chi connectivity index (χ3n) is 2.57. The van der Waals surface area contributed by atoms with Crippen LogP contribution < -0.4 is 10.5 Å². The number of anilines is 1. The smallest absolute Gasteiger partial charge is 0.339 e. The number of unbranched alkanes of at least 4 members (excludes halogenated alkanes) is 3. The lowest BCUT2D eigenvalue weighted by molar-refractivity contribution is 0.0692. The normalized spacial score (nSPS) is 10.3. The number of nitrogens with two attached hydrogens (primary N) is 1. The van der Waals surface area contributed by atoms with Crippen molar-refractivity contribution < 1.29 is 19.7 Å². The van der Waals surface area contributed by atoms with Crippen molar-refractivity contribution in [2.24, 2.45) is 0 Å². The van der Waals surface area contributed by atoms with Crippen LogP contribution in [-0.2, 0) is 0 Å². The summed E-state index contributed by atoms with van der Waals surface area (Å²) in [5.41, 5.74) is 6.13. The molecule has 0 saturated heterocycles. The van der Waals surface area contributed by atoms with Crippen LogP contribution >= 0.6 is 0 Å². The quantitative estimate of drug-likeness (QED) is 0.486. The number of benzene rings is 1. The fraction of sp³-hybridized carbons (Fsp3) is 0.462. The number of ether oxygens (including phenoxy) is 1. The number of carbonyl (C=O) groups is 1. The Hall–Kier alpha value is -1.75. The van der Waals surface area contributed by atoms with Gasteiger partial charge in [-0.25, -0.2) is 4.79 Å². The summed E-state index contributed by atoms with van der Waals surface area (Å²) in [5.74, 6) is -0.801. The first-order chi connectivity index (χ1) is 8.66. The first kappa shape index (κ1) is 14.3. The first-order valence-electron chi connectivity index (χ1n) is 6.02. The van der Waals surface area contributed by atoms with E-state index in [1.807, 2.05) is 0 Å². The maximum Gasteiger partial charge on any atom is 0.339 e. The average Bonchev–Trinajstić information content (AvgIpc) is 2.34. The molecular formula is C13H19NO4. The molecule has 0 unspecified atom stereocenters. The number of aromatic carboxylic acids is 1. The van der Waals surface area contributed by atoms with E-state index in [4.69, 9.17) is 20.7 Å². The number of hydrogen-bond acceptors (Lipinski definition) is 4. The Morgan fingerprint density at radius 3 is 2.61 bits per heavy atom. The highest BCUT2D eigenvalue weighted by atomic mass is 16.5. The maximum absolute atomic E-state index is 11.0. The van der Waals surface area contributed by atoms with E-state index >= 15 is 0 Å². The monoisotopic (exact) mass is 253 g/mol. The van der Waals surface area contributed by atoms with E-state index in [-0.39, 0.29) is 17.9 Å². The summed E-state index contributed by atoms with van der Waals surface area (Å²) in [6.45, 7) is 0.634. The molecule has 0 spiro atoms. The van der Waals surface area contributed by atoms with E-state index in [9.17, 15) is 4.79 Å². The molecule has 0 bridgehead atoms. The van der Waals surface area contributed by atoms with E-state index in [1.54, 1.807) is 12.1 Å². The summed E-state index contributed by atoms with van der Waals surface area (Å²) >= 11 is 0. The fourth-order valence-corrected chi connectivity index (χ4v) is 1.63. The standard InChI is InChI=1S/C13H19NO4/c14-11-7-5-6-10(13(16)17)12(11)18-9-4-2-1-3-8-15/h5-7,15H,1-4,8-9,14H2,(H,16,17). The lowest BCUT2D eigenvalue weighted by Gasteiger charge is -2.11. The summed E-state index contributed by atoms with van der Waals surface area (Å²) in [6.07, 6.45) is 3.48. The van der Waals surface area contributed by atoms with Crippen LogP contribution in [0.4, 0.5) is 5.69 Å². The van der Waals surface area contributed by atoms with Crippen LogP contribution in [0.15, 0.2) is 18.2 Å². The Balaban J connectivity index is 2.48. The SMILES string of the molecule is Nc1cccc(C(=O)O)c1OCCCCCCO. The molecule has 1 aromatic rings. The van der Waals surface area contributed by atoms with Crippen molar-refractivity contribution in [2.45, 2.75) is 25.7 Å². The summed E-state index contributed by atoms with van der Waals surface area (Å²) in [4.78, 5) is 11.0. The molecule has 0 heterocycles. The second-order valence-corrected chi connectivity index (χ2v) is 4.02. The number of hydrogen-bond donors (Lipinski definition) is 3. The highest BCUT2D eigenvalue weighted by Gasteiger charge is 2.13. The van der Waals surface area contributed by atoms with E-state index in [1.165, 1.54) is 6.07 Å². The Labute approximate surface area is 106 Å². The van der Waals surface area contributed by atoms with Crippen molar-refractivity contribution in [3.63, 3.8) is 0 Å². The number of para-hydroxylation sites is 1. The van der Waals surface area contributed by atoms with Gasteiger partial charge in [-0.2, -0.15) is 0 Å². The van der Waals surface area contributed by atoms with Crippen LogP contribution in [0.25, 0.3) is 0 Å². The second kappa shape index (κ2) is 7.55. The highest BCUT2D eigenvalue weighted by molar-refractivity contribution is 5.93.